The molecule has 3 aromatic heterocycles. The molecule has 28 heavy (non-hydrogen) atoms. The molecule has 1 aliphatic rings. The molecule has 8 nitrogen and oxygen atoms in total. The minimum atomic E-state index is -0.361. The van der Waals surface area contributed by atoms with Gasteiger partial charge in [0, 0.05) is 29.8 Å². The van der Waals surface area contributed by atoms with Gasteiger partial charge in [-0.2, -0.15) is 10.2 Å². The monoisotopic (exact) mass is 380 g/mol. The van der Waals surface area contributed by atoms with Crippen LogP contribution in [0, 0.1) is 5.41 Å². The summed E-state index contributed by atoms with van der Waals surface area (Å²) in [7, 11) is 0. The molecule has 1 amide bonds. The number of hydrogen-bond donors (Lipinski definition) is 3. The summed E-state index contributed by atoms with van der Waals surface area (Å²) in [5.74, 6) is -0.251. The molecule has 4 rings (SSSR count). The fourth-order valence-electron chi connectivity index (χ4n) is 3.71. The summed E-state index contributed by atoms with van der Waals surface area (Å²) in [5, 5.41) is 24.2. The lowest BCUT2D eigenvalue weighted by Gasteiger charge is -2.28. The van der Waals surface area contributed by atoms with Gasteiger partial charge in [0.05, 0.1) is 18.5 Å². The third-order valence-corrected chi connectivity index (χ3v) is 5.30. The van der Waals surface area contributed by atoms with Crippen molar-refractivity contribution in [1.82, 2.24) is 25.0 Å². The summed E-state index contributed by atoms with van der Waals surface area (Å²) in [6.07, 6.45) is 9.41. The van der Waals surface area contributed by atoms with Crippen molar-refractivity contribution < 1.29 is 9.90 Å². The van der Waals surface area contributed by atoms with Crippen LogP contribution in [-0.4, -0.2) is 42.6 Å². The molecule has 0 bridgehead atoms. The highest BCUT2D eigenvalue weighted by atomic mass is 16.3. The Morgan fingerprint density at radius 3 is 3.04 bits per heavy atom. The van der Waals surface area contributed by atoms with E-state index in [2.05, 4.69) is 39.4 Å². The Bertz CT molecular complexity index is 976. The van der Waals surface area contributed by atoms with Crippen molar-refractivity contribution in [1.29, 1.82) is 0 Å². The number of fused-ring (bicyclic) bond motifs is 1. The van der Waals surface area contributed by atoms with Crippen molar-refractivity contribution in [3.05, 3.63) is 59.4 Å². The highest BCUT2D eigenvalue weighted by Crippen LogP contribution is 2.35. The molecule has 0 fully saturated rings. The van der Waals surface area contributed by atoms with E-state index in [1.54, 1.807) is 29.5 Å². The number of rotatable bonds is 5. The Hall–Kier alpha value is -3.00. The molecule has 1 aliphatic carbocycles. The molecule has 0 radical (unpaired) electrons. The number of carbonyl (C=O) groups is 1. The zero-order chi connectivity index (χ0) is 19.7. The minimum absolute atomic E-state index is 0.122. The van der Waals surface area contributed by atoms with Crippen LogP contribution in [0.5, 0.6) is 0 Å². The van der Waals surface area contributed by atoms with Crippen molar-refractivity contribution in [2.24, 2.45) is 5.41 Å². The number of amides is 1. The number of aromatic nitrogens is 5. The molecule has 1 atom stereocenters. The second-order valence-corrected chi connectivity index (χ2v) is 8.02. The standard InChI is InChI=1S/C20H24N6O2/c1-20(2)6-5-15-16(8-20)24-25-18(15)19(28)23-14-10-22-26(11-14)17(12-27)13-4-3-7-21-9-13/h3-4,7,9-11,17,27H,5-6,8,12H2,1-2H3,(H,23,28)(H,24,25). The highest BCUT2D eigenvalue weighted by molar-refractivity contribution is 6.03. The van der Waals surface area contributed by atoms with Gasteiger partial charge in [-0.15, -0.1) is 0 Å². The Balaban J connectivity index is 1.50. The van der Waals surface area contributed by atoms with Crippen LogP contribution in [-0.2, 0) is 12.8 Å². The zero-order valence-electron chi connectivity index (χ0n) is 16.0. The first-order chi connectivity index (χ1) is 13.5. The zero-order valence-corrected chi connectivity index (χ0v) is 16.0. The first-order valence-corrected chi connectivity index (χ1v) is 9.39. The molecule has 146 valence electrons. The van der Waals surface area contributed by atoms with Gasteiger partial charge < -0.3 is 10.4 Å². The molecular weight excluding hydrogens is 356 g/mol. The van der Waals surface area contributed by atoms with Crippen molar-refractivity contribution in [3.8, 4) is 0 Å². The summed E-state index contributed by atoms with van der Waals surface area (Å²) in [5.41, 5.74) is 4.13. The van der Waals surface area contributed by atoms with Gasteiger partial charge in [-0.1, -0.05) is 19.9 Å². The van der Waals surface area contributed by atoms with Gasteiger partial charge in [-0.05, 0) is 36.3 Å². The number of carbonyl (C=O) groups excluding carboxylic acids is 1. The van der Waals surface area contributed by atoms with Gasteiger partial charge in [-0.3, -0.25) is 19.6 Å². The van der Waals surface area contributed by atoms with Gasteiger partial charge in [0.2, 0.25) is 0 Å². The van der Waals surface area contributed by atoms with E-state index in [1.807, 2.05) is 12.1 Å². The first kappa shape index (κ1) is 18.4. The molecule has 0 spiro atoms. The van der Waals surface area contributed by atoms with Crippen molar-refractivity contribution >= 4 is 11.6 Å². The average Bonchev–Trinajstić information content (AvgIpc) is 3.29. The van der Waals surface area contributed by atoms with Crippen molar-refractivity contribution in [3.63, 3.8) is 0 Å². The van der Waals surface area contributed by atoms with E-state index >= 15 is 0 Å². The number of pyridine rings is 1. The molecule has 1 unspecified atom stereocenters. The number of anilines is 1. The number of nitrogens with one attached hydrogen (secondary N) is 2. The van der Waals surface area contributed by atoms with E-state index in [0.717, 1.165) is 36.1 Å². The lowest BCUT2D eigenvalue weighted by molar-refractivity contribution is 0.102. The van der Waals surface area contributed by atoms with Crippen molar-refractivity contribution in [2.45, 2.75) is 39.2 Å². The van der Waals surface area contributed by atoms with Gasteiger partial charge in [0.25, 0.3) is 5.91 Å². The molecule has 3 N–H and O–H groups in total. The lowest BCUT2D eigenvalue weighted by atomic mass is 9.76. The van der Waals surface area contributed by atoms with Crippen LogP contribution in [0.25, 0.3) is 0 Å². The molecule has 0 aliphatic heterocycles. The van der Waals surface area contributed by atoms with E-state index in [0.29, 0.717) is 11.4 Å². The fraction of sp³-hybridized carbons (Fsp3) is 0.400. The molecular formula is C20H24N6O2. The molecule has 0 saturated heterocycles. The smallest absolute Gasteiger partial charge is 0.276 e. The molecule has 3 heterocycles. The Morgan fingerprint density at radius 1 is 1.43 bits per heavy atom. The number of aliphatic hydroxyl groups is 1. The number of aromatic amines is 1. The number of hydrogen-bond acceptors (Lipinski definition) is 5. The van der Waals surface area contributed by atoms with Crippen LogP contribution in [0.3, 0.4) is 0 Å². The second kappa shape index (κ2) is 7.20. The largest absolute Gasteiger partial charge is 0.394 e. The quantitative estimate of drug-likeness (QED) is 0.630. The Labute approximate surface area is 163 Å². The van der Waals surface area contributed by atoms with Crippen LogP contribution in [0.1, 0.15) is 53.6 Å². The van der Waals surface area contributed by atoms with Crippen LogP contribution in [0.4, 0.5) is 5.69 Å². The lowest BCUT2D eigenvalue weighted by Crippen LogP contribution is -2.23. The Kier molecular flexibility index (Phi) is 4.72. The number of H-pyrrole nitrogens is 1. The maximum Gasteiger partial charge on any atom is 0.276 e. The highest BCUT2D eigenvalue weighted by Gasteiger charge is 2.30. The summed E-state index contributed by atoms with van der Waals surface area (Å²) in [6.45, 7) is 4.33. The first-order valence-electron chi connectivity index (χ1n) is 9.39. The average molecular weight is 380 g/mol. The maximum atomic E-state index is 12.7. The van der Waals surface area contributed by atoms with E-state index in [4.69, 9.17) is 0 Å². The molecule has 3 aromatic rings. The topological polar surface area (TPSA) is 109 Å². The van der Waals surface area contributed by atoms with E-state index in [9.17, 15) is 9.90 Å². The molecule has 0 aromatic carbocycles. The maximum absolute atomic E-state index is 12.7. The van der Waals surface area contributed by atoms with E-state index in [-0.39, 0.29) is 24.0 Å². The number of aliphatic hydroxyl groups excluding tert-OH is 1. The van der Waals surface area contributed by atoms with Crippen LogP contribution >= 0.6 is 0 Å². The van der Waals surface area contributed by atoms with Crippen LogP contribution in [0.15, 0.2) is 36.9 Å². The summed E-state index contributed by atoms with van der Waals surface area (Å²) in [6, 6.07) is 3.33. The molecule has 0 saturated carbocycles. The minimum Gasteiger partial charge on any atom is -0.394 e. The summed E-state index contributed by atoms with van der Waals surface area (Å²) < 4.78 is 1.62. The molecule has 8 heteroatoms. The predicted octanol–water partition coefficient (Wildman–Crippen LogP) is 2.35. The van der Waals surface area contributed by atoms with E-state index in [1.165, 1.54) is 0 Å². The van der Waals surface area contributed by atoms with Crippen LogP contribution < -0.4 is 5.32 Å². The summed E-state index contributed by atoms with van der Waals surface area (Å²) >= 11 is 0. The summed E-state index contributed by atoms with van der Waals surface area (Å²) in [4.78, 5) is 16.8. The normalized spacial score (nSPS) is 16.4. The van der Waals surface area contributed by atoms with Gasteiger partial charge >= 0.3 is 0 Å². The Morgan fingerprint density at radius 2 is 2.29 bits per heavy atom. The van der Waals surface area contributed by atoms with E-state index < -0.39 is 0 Å². The SMILES string of the molecule is CC1(C)CCc2c(C(=O)Nc3cnn(C(CO)c4cccnc4)c3)n[nH]c2C1. The fourth-order valence-corrected chi connectivity index (χ4v) is 3.71. The predicted molar refractivity (Wildman–Crippen MR) is 104 cm³/mol. The van der Waals surface area contributed by atoms with Gasteiger partial charge in [0.15, 0.2) is 5.69 Å². The van der Waals surface area contributed by atoms with Gasteiger partial charge in [-0.25, -0.2) is 0 Å². The second-order valence-electron chi connectivity index (χ2n) is 8.02. The third kappa shape index (κ3) is 3.55. The van der Waals surface area contributed by atoms with Crippen molar-refractivity contribution in [2.75, 3.05) is 11.9 Å². The van der Waals surface area contributed by atoms with Crippen LogP contribution in [0.2, 0.25) is 0 Å². The van der Waals surface area contributed by atoms with Gasteiger partial charge in [0.1, 0.15) is 6.04 Å². The number of nitrogens with zero attached hydrogens (tertiary/aromatic N) is 4. The third-order valence-electron chi connectivity index (χ3n) is 5.30.